The number of nitrogens with zero attached hydrogens (tertiary/aromatic N) is 2. The number of hydrogen-bond donors (Lipinski definition) is 1. The molecular formula is C10H17N3O. The predicted molar refractivity (Wildman–Crippen MR) is 53.5 cm³/mol. The van der Waals surface area contributed by atoms with Crippen molar-refractivity contribution in [3.05, 3.63) is 0 Å². The zero-order valence-electron chi connectivity index (χ0n) is 8.62. The SMILES string of the molecule is CCN1CCCC1CNC(=O)CC#N. The van der Waals surface area contributed by atoms with Crippen molar-refractivity contribution < 1.29 is 4.79 Å². The first-order chi connectivity index (χ1) is 6.77. The fourth-order valence-corrected chi connectivity index (χ4v) is 1.91. The highest BCUT2D eigenvalue weighted by Gasteiger charge is 2.22. The second-order valence-electron chi connectivity index (χ2n) is 3.56. The maximum absolute atomic E-state index is 11.0. The molecule has 1 aliphatic heterocycles. The molecule has 0 spiro atoms. The highest BCUT2D eigenvalue weighted by Crippen LogP contribution is 2.15. The number of nitrogens with one attached hydrogen (secondary N) is 1. The molecule has 4 heteroatoms. The quantitative estimate of drug-likeness (QED) is 0.710. The van der Waals surface area contributed by atoms with E-state index in [1.807, 2.05) is 6.07 Å². The van der Waals surface area contributed by atoms with Gasteiger partial charge in [-0.25, -0.2) is 0 Å². The molecule has 0 aliphatic carbocycles. The standard InChI is InChI=1S/C10H17N3O/c1-2-13-7-3-4-9(13)8-12-10(14)5-6-11/h9H,2-5,7-8H2,1H3,(H,12,14). The molecule has 1 fully saturated rings. The normalized spacial score (nSPS) is 21.9. The Kier molecular flexibility index (Phi) is 4.41. The fourth-order valence-electron chi connectivity index (χ4n) is 1.91. The highest BCUT2D eigenvalue weighted by atomic mass is 16.1. The average Bonchev–Trinajstić information content (AvgIpc) is 2.62. The monoisotopic (exact) mass is 195 g/mol. The van der Waals surface area contributed by atoms with E-state index in [1.54, 1.807) is 0 Å². The van der Waals surface area contributed by atoms with E-state index >= 15 is 0 Å². The van der Waals surface area contributed by atoms with E-state index in [4.69, 9.17) is 5.26 Å². The highest BCUT2D eigenvalue weighted by molar-refractivity contribution is 5.77. The number of rotatable bonds is 4. The minimum absolute atomic E-state index is 0.0289. The van der Waals surface area contributed by atoms with Crippen LogP contribution in [0.1, 0.15) is 26.2 Å². The van der Waals surface area contributed by atoms with Gasteiger partial charge in [-0.3, -0.25) is 9.69 Å². The second-order valence-corrected chi connectivity index (χ2v) is 3.56. The molecule has 0 saturated carbocycles. The lowest BCUT2D eigenvalue weighted by Gasteiger charge is -2.22. The van der Waals surface area contributed by atoms with Gasteiger partial charge in [-0.05, 0) is 25.9 Å². The molecular weight excluding hydrogens is 178 g/mol. The van der Waals surface area contributed by atoms with Crippen molar-refractivity contribution in [2.75, 3.05) is 19.6 Å². The van der Waals surface area contributed by atoms with Crippen molar-refractivity contribution in [3.8, 4) is 6.07 Å². The smallest absolute Gasteiger partial charge is 0.234 e. The van der Waals surface area contributed by atoms with Crippen molar-refractivity contribution in [1.82, 2.24) is 10.2 Å². The maximum atomic E-state index is 11.0. The van der Waals surface area contributed by atoms with Crippen molar-refractivity contribution in [1.29, 1.82) is 5.26 Å². The summed E-state index contributed by atoms with van der Waals surface area (Å²) in [5, 5.41) is 11.1. The number of hydrogen-bond acceptors (Lipinski definition) is 3. The third-order valence-corrected chi connectivity index (χ3v) is 2.68. The van der Waals surface area contributed by atoms with Gasteiger partial charge in [0.2, 0.25) is 5.91 Å². The summed E-state index contributed by atoms with van der Waals surface area (Å²) in [5.41, 5.74) is 0. The van der Waals surface area contributed by atoms with Gasteiger partial charge < -0.3 is 5.32 Å². The second kappa shape index (κ2) is 5.61. The average molecular weight is 195 g/mol. The molecule has 0 aromatic heterocycles. The van der Waals surface area contributed by atoms with E-state index in [1.165, 1.54) is 6.42 Å². The zero-order chi connectivity index (χ0) is 10.4. The Labute approximate surface area is 84.9 Å². The summed E-state index contributed by atoms with van der Waals surface area (Å²) in [5.74, 6) is -0.157. The van der Waals surface area contributed by atoms with E-state index in [9.17, 15) is 4.79 Å². The lowest BCUT2D eigenvalue weighted by Crippen LogP contribution is -2.39. The third kappa shape index (κ3) is 3.00. The van der Waals surface area contributed by atoms with Crippen LogP contribution in [0.3, 0.4) is 0 Å². The molecule has 1 heterocycles. The number of likely N-dealkylation sites (N-methyl/N-ethyl adjacent to an activating group) is 1. The summed E-state index contributed by atoms with van der Waals surface area (Å²) in [6.07, 6.45) is 2.34. The van der Waals surface area contributed by atoms with Gasteiger partial charge in [0.05, 0.1) is 6.07 Å². The van der Waals surface area contributed by atoms with Crippen LogP contribution >= 0.6 is 0 Å². The van der Waals surface area contributed by atoms with E-state index in [2.05, 4.69) is 17.1 Å². The van der Waals surface area contributed by atoms with Crippen molar-refractivity contribution in [3.63, 3.8) is 0 Å². The predicted octanol–water partition coefficient (Wildman–Crippen LogP) is 0.501. The number of carbonyl (C=O) groups excluding carboxylic acids is 1. The summed E-state index contributed by atoms with van der Waals surface area (Å²) in [6.45, 7) is 5.00. The fraction of sp³-hybridized carbons (Fsp3) is 0.800. The molecule has 1 saturated heterocycles. The molecule has 1 rings (SSSR count). The van der Waals surface area contributed by atoms with Crippen molar-refractivity contribution >= 4 is 5.91 Å². The molecule has 1 atom stereocenters. The number of nitriles is 1. The summed E-state index contributed by atoms with van der Waals surface area (Å²) in [4.78, 5) is 13.4. The number of likely N-dealkylation sites (tertiary alicyclic amines) is 1. The Balaban J connectivity index is 2.24. The van der Waals surface area contributed by atoms with Gasteiger partial charge in [-0.2, -0.15) is 5.26 Å². The first-order valence-electron chi connectivity index (χ1n) is 5.15. The van der Waals surface area contributed by atoms with Crippen molar-refractivity contribution in [2.45, 2.75) is 32.2 Å². The largest absolute Gasteiger partial charge is 0.354 e. The maximum Gasteiger partial charge on any atom is 0.234 e. The third-order valence-electron chi connectivity index (χ3n) is 2.68. The van der Waals surface area contributed by atoms with E-state index < -0.39 is 0 Å². The Morgan fingerprint density at radius 1 is 1.71 bits per heavy atom. The Morgan fingerprint density at radius 2 is 2.50 bits per heavy atom. The molecule has 0 aromatic rings. The minimum Gasteiger partial charge on any atom is -0.354 e. The van der Waals surface area contributed by atoms with Gasteiger partial charge in [-0.15, -0.1) is 0 Å². The van der Waals surface area contributed by atoms with Crippen LogP contribution in [-0.4, -0.2) is 36.5 Å². The van der Waals surface area contributed by atoms with E-state index in [-0.39, 0.29) is 12.3 Å². The molecule has 1 N–H and O–H groups in total. The van der Waals surface area contributed by atoms with Crippen LogP contribution in [0.25, 0.3) is 0 Å². The minimum atomic E-state index is -0.157. The summed E-state index contributed by atoms with van der Waals surface area (Å²) >= 11 is 0. The van der Waals surface area contributed by atoms with Crippen LogP contribution < -0.4 is 5.32 Å². The van der Waals surface area contributed by atoms with Crippen LogP contribution in [0.2, 0.25) is 0 Å². The first-order valence-corrected chi connectivity index (χ1v) is 5.15. The van der Waals surface area contributed by atoms with Gasteiger partial charge in [-0.1, -0.05) is 6.92 Å². The summed E-state index contributed by atoms with van der Waals surface area (Å²) in [6, 6.07) is 2.32. The van der Waals surface area contributed by atoms with Gasteiger partial charge in [0.1, 0.15) is 6.42 Å². The van der Waals surface area contributed by atoms with E-state index in [0.717, 1.165) is 19.5 Å². The van der Waals surface area contributed by atoms with Gasteiger partial charge in [0, 0.05) is 12.6 Å². The lowest BCUT2D eigenvalue weighted by atomic mass is 10.2. The van der Waals surface area contributed by atoms with E-state index in [0.29, 0.717) is 12.6 Å². The van der Waals surface area contributed by atoms with Crippen LogP contribution in [-0.2, 0) is 4.79 Å². The zero-order valence-corrected chi connectivity index (χ0v) is 8.62. The van der Waals surface area contributed by atoms with Gasteiger partial charge >= 0.3 is 0 Å². The number of amides is 1. The topological polar surface area (TPSA) is 56.1 Å². The van der Waals surface area contributed by atoms with Crippen LogP contribution in [0.5, 0.6) is 0 Å². The molecule has 0 bridgehead atoms. The molecule has 1 aliphatic rings. The summed E-state index contributed by atoms with van der Waals surface area (Å²) in [7, 11) is 0. The Hall–Kier alpha value is -1.08. The lowest BCUT2D eigenvalue weighted by molar-refractivity contribution is -0.120. The van der Waals surface area contributed by atoms with Crippen molar-refractivity contribution in [2.24, 2.45) is 0 Å². The number of carbonyl (C=O) groups is 1. The summed E-state index contributed by atoms with van der Waals surface area (Å²) < 4.78 is 0. The molecule has 14 heavy (non-hydrogen) atoms. The van der Waals surface area contributed by atoms with Crippen LogP contribution in [0.15, 0.2) is 0 Å². The molecule has 0 aromatic carbocycles. The van der Waals surface area contributed by atoms with Crippen LogP contribution in [0, 0.1) is 11.3 Å². The molecule has 1 unspecified atom stereocenters. The molecule has 4 nitrogen and oxygen atoms in total. The first kappa shape index (κ1) is 11.0. The van der Waals surface area contributed by atoms with Crippen LogP contribution in [0.4, 0.5) is 0 Å². The Morgan fingerprint density at radius 3 is 3.14 bits per heavy atom. The molecule has 1 amide bonds. The van der Waals surface area contributed by atoms with Gasteiger partial charge in [0.15, 0.2) is 0 Å². The molecule has 78 valence electrons. The van der Waals surface area contributed by atoms with Gasteiger partial charge in [0.25, 0.3) is 0 Å². The molecule has 0 radical (unpaired) electrons. The Bertz CT molecular complexity index is 234.